The molecule has 3 aromatic heterocycles. The topological polar surface area (TPSA) is 63.8 Å². The Balaban J connectivity index is 1.66. The van der Waals surface area contributed by atoms with Crippen molar-refractivity contribution >= 4 is 11.0 Å². The van der Waals surface area contributed by atoms with E-state index in [0.29, 0.717) is 11.4 Å². The summed E-state index contributed by atoms with van der Waals surface area (Å²) >= 11 is 0. The molecular weight excluding hydrogens is 480 g/mol. The maximum atomic E-state index is 10.8. The van der Waals surface area contributed by atoms with E-state index >= 15 is 0 Å². The number of aromatic nitrogens is 4. The first-order chi connectivity index (χ1) is 18.8. The standard InChI is InChI=1S/C34H30N4O/c1-22-17-28(31(39)21-36-22)33-37-32-27(13-10-15-30(32)38(33)26-11-6-5-7-12-26)23-18-24(29-14-8-9-16-35-29)20-25(19-23)34(2,3)4/h5-21,39H,1-4H3. The van der Waals surface area contributed by atoms with Crippen molar-refractivity contribution < 1.29 is 5.11 Å². The molecule has 0 atom stereocenters. The predicted molar refractivity (Wildman–Crippen MR) is 158 cm³/mol. The Morgan fingerprint density at radius 1 is 0.744 bits per heavy atom. The molecule has 0 amide bonds. The van der Waals surface area contributed by atoms with E-state index in [1.54, 1.807) is 0 Å². The summed E-state index contributed by atoms with van der Waals surface area (Å²) in [4.78, 5) is 14.1. The van der Waals surface area contributed by atoms with Crippen molar-refractivity contribution in [3.63, 3.8) is 0 Å². The van der Waals surface area contributed by atoms with Crippen LogP contribution in [0.5, 0.6) is 5.75 Å². The van der Waals surface area contributed by atoms with Crippen molar-refractivity contribution in [2.45, 2.75) is 33.1 Å². The number of fused-ring (bicyclic) bond motifs is 1. The van der Waals surface area contributed by atoms with E-state index < -0.39 is 0 Å². The third kappa shape index (κ3) is 4.57. The highest BCUT2D eigenvalue weighted by molar-refractivity contribution is 5.96. The first kappa shape index (κ1) is 24.6. The van der Waals surface area contributed by atoms with Gasteiger partial charge in [0.25, 0.3) is 0 Å². The van der Waals surface area contributed by atoms with E-state index in [1.807, 2.05) is 55.6 Å². The van der Waals surface area contributed by atoms with Crippen LogP contribution in [0.15, 0.2) is 103 Å². The van der Waals surface area contributed by atoms with E-state index in [0.717, 1.165) is 44.8 Å². The zero-order valence-corrected chi connectivity index (χ0v) is 22.6. The highest BCUT2D eigenvalue weighted by atomic mass is 16.3. The first-order valence-electron chi connectivity index (χ1n) is 13.1. The highest BCUT2D eigenvalue weighted by Crippen LogP contribution is 2.39. The third-order valence-electron chi connectivity index (χ3n) is 7.03. The molecule has 0 unspecified atom stereocenters. The molecule has 0 radical (unpaired) electrons. The summed E-state index contributed by atoms with van der Waals surface area (Å²) in [7, 11) is 0. The number of benzene rings is 3. The fourth-order valence-electron chi connectivity index (χ4n) is 4.98. The maximum absolute atomic E-state index is 10.8. The Morgan fingerprint density at radius 3 is 2.26 bits per heavy atom. The molecule has 0 fully saturated rings. The molecule has 0 saturated carbocycles. The van der Waals surface area contributed by atoms with Gasteiger partial charge in [0.2, 0.25) is 0 Å². The van der Waals surface area contributed by atoms with Crippen LogP contribution in [0.4, 0.5) is 0 Å². The van der Waals surface area contributed by atoms with E-state index in [2.05, 4.69) is 83.8 Å². The van der Waals surface area contributed by atoms with Crippen LogP contribution in [-0.4, -0.2) is 24.6 Å². The number of para-hydroxylation sites is 2. The molecule has 0 bridgehead atoms. The van der Waals surface area contributed by atoms with Crippen LogP contribution in [0.1, 0.15) is 32.0 Å². The van der Waals surface area contributed by atoms with Gasteiger partial charge < -0.3 is 5.11 Å². The van der Waals surface area contributed by atoms with Gasteiger partial charge in [0, 0.05) is 28.7 Å². The van der Waals surface area contributed by atoms with Gasteiger partial charge in [-0.15, -0.1) is 0 Å². The first-order valence-corrected chi connectivity index (χ1v) is 13.1. The number of aryl methyl sites for hydroxylation is 1. The molecule has 0 aliphatic heterocycles. The normalized spacial score (nSPS) is 11.7. The molecule has 6 rings (SSSR count). The number of aromatic hydroxyl groups is 1. The van der Waals surface area contributed by atoms with E-state index in [1.165, 1.54) is 11.8 Å². The van der Waals surface area contributed by atoms with Crippen molar-refractivity contribution in [2.24, 2.45) is 0 Å². The Kier molecular flexibility index (Phi) is 5.99. The number of hydrogen-bond donors (Lipinski definition) is 1. The lowest BCUT2D eigenvalue weighted by atomic mass is 9.83. The summed E-state index contributed by atoms with van der Waals surface area (Å²) in [5.74, 6) is 0.769. The van der Waals surface area contributed by atoms with E-state index in [9.17, 15) is 5.11 Å². The minimum Gasteiger partial charge on any atom is -0.506 e. The van der Waals surface area contributed by atoms with Crippen LogP contribution in [0, 0.1) is 6.92 Å². The van der Waals surface area contributed by atoms with Crippen LogP contribution in [0.25, 0.3) is 50.5 Å². The molecule has 192 valence electrons. The van der Waals surface area contributed by atoms with Gasteiger partial charge in [0.1, 0.15) is 11.6 Å². The Morgan fingerprint density at radius 2 is 1.51 bits per heavy atom. The number of hydrogen-bond acceptors (Lipinski definition) is 4. The lowest BCUT2D eigenvalue weighted by Crippen LogP contribution is -2.11. The van der Waals surface area contributed by atoms with Crippen molar-refractivity contribution in [3.05, 3.63) is 115 Å². The summed E-state index contributed by atoms with van der Waals surface area (Å²) in [6, 6.07) is 31.0. The molecule has 6 aromatic rings. The van der Waals surface area contributed by atoms with Gasteiger partial charge in [0.05, 0.1) is 28.5 Å². The van der Waals surface area contributed by atoms with Gasteiger partial charge in [-0.05, 0) is 72.0 Å². The minimum absolute atomic E-state index is 0.0532. The van der Waals surface area contributed by atoms with Crippen LogP contribution >= 0.6 is 0 Å². The Labute approximate surface area is 228 Å². The van der Waals surface area contributed by atoms with Gasteiger partial charge in [0.15, 0.2) is 0 Å². The summed E-state index contributed by atoms with van der Waals surface area (Å²) in [6.07, 6.45) is 3.32. The molecule has 0 saturated heterocycles. The second kappa shape index (κ2) is 9.52. The molecule has 1 N–H and O–H groups in total. The quantitative estimate of drug-likeness (QED) is 0.260. The third-order valence-corrected chi connectivity index (χ3v) is 7.03. The SMILES string of the molecule is Cc1cc(-c2nc3c(-c4cc(-c5ccccn5)cc(C(C)(C)C)c4)cccc3n2-c2ccccc2)c(O)cn1. The average molecular weight is 511 g/mol. The predicted octanol–water partition coefficient (Wildman–Crippen LogP) is 8.13. The summed E-state index contributed by atoms with van der Waals surface area (Å²) in [6.45, 7) is 8.60. The fourth-order valence-corrected chi connectivity index (χ4v) is 4.98. The summed E-state index contributed by atoms with van der Waals surface area (Å²) in [5, 5.41) is 10.8. The molecular formula is C34H30N4O. The van der Waals surface area contributed by atoms with Crippen molar-refractivity contribution in [2.75, 3.05) is 0 Å². The average Bonchev–Trinajstić information content (AvgIpc) is 3.34. The van der Waals surface area contributed by atoms with Crippen molar-refractivity contribution in [1.82, 2.24) is 19.5 Å². The summed E-state index contributed by atoms with van der Waals surface area (Å²) < 4.78 is 2.11. The Bertz CT molecular complexity index is 1800. The number of nitrogens with zero attached hydrogens (tertiary/aromatic N) is 4. The van der Waals surface area contributed by atoms with Gasteiger partial charge >= 0.3 is 0 Å². The maximum Gasteiger partial charge on any atom is 0.149 e. The molecule has 3 heterocycles. The van der Waals surface area contributed by atoms with Gasteiger partial charge in [-0.1, -0.05) is 63.2 Å². The van der Waals surface area contributed by atoms with Gasteiger partial charge in [-0.3, -0.25) is 14.5 Å². The number of imidazole rings is 1. The van der Waals surface area contributed by atoms with Crippen LogP contribution in [0.3, 0.4) is 0 Å². The van der Waals surface area contributed by atoms with Gasteiger partial charge in [-0.2, -0.15) is 0 Å². The molecule has 39 heavy (non-hydrogen) atoms. The lowest BCUT2D eigenvalue weighted by Gasteiger charge is -2.21. The highest BCUT2D eigenvalue weighted by Gasteiger charge is 2.22. The van der Waals surface area contributed by atoms with Crippen LogP contribution in [0.2, 0.25) is 0 Å². The minimum atomic E-state index is -0.0532. The van der Waals surface area contributed by atoms with Crippen LogP contribution in [-0.2, 0) is 5.41 Å². The van der Waals surface area contributed by atoms with Crippen molar-refractivity contribution in [1.29, 1.82) is 0 Å². The van der Waals surface area contributed by atoms with E-state index in [-0.39, 0.29) is 11.2 Å². The molecule has 0 spiro atoms. The molecule has 5 heteroatoms. The fraction of sp³-hybridized carbons (Fsp3) is 0.147. The molecule has 3 aromatic carbocycles. The second-order valence-electron chi connectivity index (χ2n) is 10.9. The molecule has 0 aliphatic carbocycles. The monoisotopic (exact) mass is 510 g/mol. The Hall–Kier alpha value is -4.77. The molecule has 5 nitrogen and oxygen atoms in total. The zero-order valence-electron chi connectivity index (χ0n) is 22.6. The zero-order chi connectivity index (χ0) is 27.1. The lowest BCUT2D eigenvalue weighted by molar-refractivity contribution is 0.474. The number of pyridine rings is 2. The van der Waals surface area contributed by atoms with E-state index in [4.69, 9.17) is 4.98 Å². The van der Waals surface area contributed by atoms with Crippen LogP contribution < -0.4 is 0 Å². The second-order valence-corrected chi connectivity index (χ2v) is 10.9. The smallest absolute Gasteiger partial charge is 0.149 e. The summed E-state index contributed by atoms with van der Waals surface area (Å²) in [5.41, 5.74) is 9.53. The largest absolute Gasteiger partial charge is 0.506 e. The molecule has 0 aliphatic rings. The van der Waals surface area contributed by atoms with Crippen molar-refractivity contribution in [3.8, 4) is 45.2 Å². The van der Waals surface area contributed by atoms with Gasteiger partial charge in [-0.25, -0.2) is 4.98 Å². The number of rotatable bonds is 4.